The molecule has 0 amide bonds. The van der Waals surface area contributed by atoms with Crippen LogP contribution in [0, 0.1) is 0 Å². The van der Waals surface area contributed by atoms with Crippen molar-refractivity contribution in [2.75, 3.05) is 54.5 Å². The van der Waals surface area contributed by atoms with E-state index in [2.05, 4.69) is 71.1 Å². The Morgan fingerprint density at radius 3 is 2.36 bits per heavy atom. The van der Waals surface area contributed by atoms with Gasteiger partial charge in [-0.05, 0) is 74.8 Å². The van der Waals surface area contributed by atoms with Gasteiger partial charge in [0.1, 0.15) is 11.6 Å². The van der Waals surface area contributed by atoms with Gasteiger partial charge in [-0.25, -0.2) is 9.97 Å². The topological polar surface area (TPSA) is 35.5 Å². The van der Waals surface area contributed by atoms with Crippen LogP contribution in [-0.4, -0.2) is 49.7 Å². The summed E-state index contributed by atoms with van der Waals surface area (Å²) in [6.45, 7) is 7.72. The predicted molar refractivity (Wildman–Crippen MR) is 138 cm³/mol. The minimum absolute atomic E-state index is 0.562. The lowest BCUT2D eigenvalue weighted by molar-refractivity contribution is 0.499. The number of fused-ring (bicyclic) bond motifs is 1. The Morgan fingerprint density at radius 1 is 0.879 bits per heavy atom. The molecule has 3 heterocycles. The number of aromatic nitrogens is 2. The standard InChI is InChI=1S/C28H35N5/c1-3-31(2)22-11-12-25-24(19-22)28(30-27(29-25)21-9-10-21)33-17-13-20(14-18-33)23-7-4-5-8-26(23)32-15-6-16-32/h4-5,7-8,11-12,19-21H,3,6,9-10,13-18H2,1-2H3. The lowest BCUT2D eigenvalue weighted by atomic mass is 9.87. The first-order valence-electron chi connectivity index (χ1n) is 12.8. The molecule has 3 fully saturated rings. The number of hydrogen-bond donors (Lipinski definition) is 0. The number of benzene rings is 2. The van der Waals surface area contributed by atoms with Crippen LogP contribution < -0.4 is 14.7 Å². The fraction of sp³-hybridized carbons (Fsp3) is 0.500. The molecule has 33 heavy (non-hydrogen) atoms. The fourth-order valence-electron chi connectivity index (χ4n) is 5.38. The van der Waals surface area contributed by atoms with Gasteiger partial charge in [0.15, 0.2) is 0 Å². The molecule has 1 saturated carbocycles. The first kappa shape index (κ1) is 20.8. The minimum atomic E-state index is 0.562. The van der Waals surface area contributed by atoms with E-state index >= 15 is 0 Å². The second kappa shape index (κ2) is 8.51. The number of nitrogens with zero attached hydrogens (tertiary/aromatic N) is 5. The third-order valence-electron chi connectivity index (χ3n) is 7.90. The van der Waals surface area contributed by atoms with E-state index in [1.165, 1.54) is 62.0 Å². The highest BCUT2D eigenvalue weighted by Crippen LogP contribution is 2.42. The van der Waals surface area contributed by atoms with E-state index in [9.17, 15) is 0 Å². The molecule has 1 aromatic heterocycles. The molecule has 5 nitrogen and oxygen atoms in total. The summed E-state index contributed by atoms with van der Waals surface area (Å²) in [7, 11) is 2.15. The average Bonchev–Trinajstić information content (AvgIpc) is 3.68. The normalized spacial score (nSPS) is 19.1. The third-order valence-corrected chi connectivity index (χ3v) is 7.90. The van der Waals surface area contributed by atoms with Crippen molar-refractivity contribution < 1.29 is 0 Å². The number of para-hydroxylation sites is 1. The Balaban J connectivity index is 1.29. The van der Waals surface area contributed by atoms with Gasteiger partial charge in [0, 0.05) is 62.5 Å². The molecule has 6 rings (SSSR count). The maximum atomic E-state index is 5.17. The molecule has 1 aliphatic carbocycles. The highest BCUT2D eigenvalue weighted by Gasteiger charge is 2.30. The summed E-state index contributed by atoms with van der Waals surface area (Å²) >= 11 is 0. The van der Waals surface area contributed by atoms with Crippen LogP contribution in [0.5, 0.6) is 0 Å². The van der Waals surface area contributed by atoms with E-state index in [0.29, 0.717) is 11.8 Å². The summed E-state index contributed by atoms with van der Waals surface area (Å²) in [6.07, 6.45) is 6.16. The Kier molecular flexibility index (Phi) is 5.35. The minimum Gasteiger partial charge on any atom is -0.375 e. The Bertz CT molecular complexity index is 1140. The first-order valence-corrected chi connectivity index (χ1v) is 12.8. The van der Waals surface area contributed by atoms with Crippen molar-refractivity contribution in [3.05, 3.63) is 53.9 Å². The quantitative estimate of drug-likeness (QED) is 0.501. The molecule has 0 unspecified atom stereocenters. The van der Waals surface area contributed by atoms with Gasteiger partial charge in [0.05, 0.1) is 5.52 Å². The molecule has 3 aliphatic rings. The number of rotatable bonds is 6. The molecule has 0 radical (unpaired) electrons. The molecule has 172 valence electrons. The second-order valence-corrected chi connectivity index (χ2v) is 10.1. The average molecular weight is 442 g/mol. The molecular weight excluding hydrogens is 406 g/mol. The zero-order chi connectivity index (χ0) is 22.4. The van der Waals surface area contributed by atoms with E-state index in [0.717, 1.165) is 36.8 Å². The van der Waals surface area contributed by atoms with Gasteiger partial charge in [-0.1, -0.05) is 18.2 Å². The summed E-state index contributed by atoms with van der Waals surface area (Å²) < 4.78 is 0. The molecule has 2 saturated heterocycles. The summed E-state index contributed by atoms with van der Waals surface area (Å²) in [5, 5.41) is 1.21. The van der Waals surface area contributed by atoms with Crippen LogP contribution in [0.2, 0.25) is 0 Å². The molecule has 3 aromatic rings. The van der Waals surface area contributed by atoms with Crippen molar-refractivity contribution in [3.63, 3.8) is 0 Å². The molecule has 2 aromatic carbocycles. The summed E-state index contributed by atoms with van der Waals surface area (Å²) in [6, 6.07) is 15.8. The van der Waals surface area contributed by atoms with E-state index < -0.39 is 0 Å². The van der Waals surface area contributed by atoms with E-state index in [1.807, 2.05) is 0 Å². The zero-order valence-electron chi connectivity index (χ0n) is 20.0. The zero-order valence-corrected chi connectivity index (χ0v) is 20.0. The van der Waals surface area contributed by atoms with Gasteiger partial charge in [-0.3, -0.25) is 0 Å². The smallest absolute Gasteiger partial charge is 0.140 e. The van der Waals surface area contributed by atoms with E-state index in [4.69, 9.17) is 9.97 Å². The number of hydrogen-bond acceptors (Lipinski definition) is 5. The largest absolute Gasteiger partial charge is 0.375 e. The maximum Gasteiger partial charge on any atom is 0.140 e. The van der Waals surface area contributed by atoms with Crippen LogP contribution in [0.15, 0.2) is 42.5 Å². The number of anilines is 3. The van der Waals surface area contributed by atoms with Crippen LogP contribution >= 0.6 is 0 Å². The van der Waals surface area contributed by atoms with Crippen LogP contribution in [-0.2, 0) is 0 Å². The van der Waals surface area contributed by atoms with Crippen LogP contribution in [0.1, 0.15) is 62.3 Å². The lowest BCUT2D eigenvalue weighted by Gasteiger charge is -2.39. The molecular formula is C28H35N5. The van der Waals surface area contributed by atoms with Gasteiger partial charge < -0.3 is 14.7 Å². The van der Waals surface area contributed by atoms with Gasteiger partial charge >= 0.3 is 0 Å². The van der Waals surface area contributed by atoms with Gasteiger partial charge in [-0.15, -0.1) is 0 Å². The van der Waals surface area contributed by atoms with Gasteiger partial charge in [0.2, 0.25) is 0 Å². The van der Waals surface area contributed by atoms with Gasteiger partial charge in [0.25, 0.3) is 0 Å². The Labute approximate surface area is 197 Å². The third kappa shape index (κ3) is 3.92. The molecule has 0 atom stereocenters. The van der Waals surface area contributed by atoms with Crippen LogP contribution in [0.3, 0.4) is 0 Å². The van der Waals surface area contributed by atoms with Crippen molar-refractivity contribution in [3.8, 4) is 0 Å². The second-order valence-electron chi connectivity index (χ2n) is 10.1. The summed E-state index contributed by atoms with van der Waals surface area (Å²) in [5.41, 5.74) is 5.36. The van der Waals surface area contributed by atoms with E-state index in [1.54, 1.807) is 5.56 Å². The van der Waals surface area contributed by atoms with Crippen molar-refractivity contribution in [2.45, 2.75) is 50.9 Å². The molecule has 0 bridgehead atoms. The highest BCUT2D eigenvalue weighted by molar-refractivity contribution is 5.92. The molecule has 2 aliphatic heterocycles. The van der Waals surface area contributed by atoms with Crippen molar-refractivity contribution in [1.29, 1.82) is 0 Å². The highest BCUT2D eigenvalue weighted by atomic mass is 15.2. The van der Waals surface area contributed by atoms with Crippen molar-refractivity contribution in [1.82, 2.24) is 9.97 Å². The Hall–Kier alpha value is -2.82. The SMILES string of the molecule is CCN(C)c1ccc2nc(C3CC3)nc(N3CCC(c4ccccc4N4CCC4)CC3)c2c1. The van der Waals surface area contributed by atoms with Gasteiger partial charge in [-0.2, -0.15) is 0 Å². The monoisotopic (exact) mass is 441 g/mol. The summed E-state index contributed by atoms with van der Waals surface area (Å²) in [4.78, 5) is 17.5. The first-order chi connectivity index (χ1) is 16.2. The number of piperidine rings is 1. The fourth-order valence-corrected chi connectivity index (χ4v) is 5.38. The van der Waals surface area contributed by atoms with Crippen molar-refractivity contribution >= 4 is 28.1 Å². The molecule has 0 N–H and O–H groups in total. The molecule has 0 spiro atoms. The summed E-state index contributed by atoms with van der Waals surface area (Å²) in [5.74, 6) is 3.41. The lowest BCUT2D eigenvalue weighted by Crippen LogP contribution is -2.39. The van der Waals surface area contributed by atoms with Crippen LogP contribution in [0.4, 0.5) is 17.2 Å². The van der Waals surface area contributed by atoms with Crippen LogP contribution in [0.25, 0.3) is 10.9 Å². The Morgan fingerprint density at radius 2 is 1.67 bits per heavy atom. The van der Waals surface area contributed by atoms with E-state index in [-0.39, 0.29) is 0 Å². The molecule has 5 heteroatoms. The van der Waals surface area contributed by atoms with Crippen molar-refractivity contribution in [2.24, 2.45) is 0 Å². The maximum absolute atomic E-state index is 5.17. The predicted octanol–water partition coefficient (Wildman–Crippen LogP) is 5.56.